The van der Waals surface area contributed by atoms with Crippen LogP contribution < -0.4 is 20.1 Å². The van der Waals surface area contributed by atoms with Crippen LogP contribution in [0.3, 0.4) is 0 Å². The number of carbonyl (C=O) groups is 3. The highest BCUT2D eigenvalue weighted by atomic mass is 16.5. The predicted molar refractivity (Wildman–Crippen MR) is 124 cm³/mol. The fourth-order valence-electron chi connectivity index (χ4n) is 3.61. The van der Waals surface area contributed by atoms with Crippen molar-refractivity contribution >= 4 is 17.9 Å². The summed E-state index contributed by atoms with van der Waals surface area (Å²) in [4.78, 5) is 39.1. The normalized spacial score (nSPS) is 15.6. The number of nitrogens with one attached hydrogen (secondary N) is 2. The van der Waals surface area contributed by atoms with Crippen LogP contribution >= 0.6 is 0 Å². The van der Waals surface area contributed by atoms with E-state index in [9.17, 15) is 14.4 Å². The first-order valence-corrected chi connectivity index (χ1v) is 11.3. The van der Waals surface area contributed by atoms with Gasteiger partial charge in [0.1, 0.15) is 0 Å². The zero-order valence-corrected chi connectivity index (χ0v) is 20.3. The van der Waals surface area contributed by atoms with E-state index in [2.05, 4.69) is 10.6 Å². The monoisotopic (exact) mass is 461 g/mol. The van der Waals surface area contributed by atoms with Gasteiger partial charge in [-0.3, -0.25) is 4.79 Å². The largest absolute Gasteiger partial charge is 0.493 e. The number of methoxy groups -OCH3 is 1. The van der Waals surface area contributed by atoms with Gasteiger partial charge in [0.25, 0.3) is 5.91 Å². The molecule has 1 atom stereocenters. The first kappa shape index (κ1) is 26.0. The Balaban J connectivity index is 2.26. The summed E-state index contributed by atoms with van der Waals surface area (Å²) >= 11 is 0. The highest BCUT2D eigenvalue weighted by Crippen LogP contribution is 2.34. The van der Waals surface area contributed by atoms with Crippen molar-refractivity contribution in [1.29, 1.82) is 0 Å². The van der Waals surface area contributed by atoms with Crippen LogP contribution in [0.1, 0.15) is 59.1 Å². The number of rotatable bonds is 11. The second-order valence-electron chi connectivity index (χ2n) is 8.10. The third kappa shape index (κ3) is 6.87. The molecule has 0 bridgehead atoms. The summed E-state index contributed by atoms with van der Waals surface area (Å²) in [5.41, 5.74) is 1.35. The van der Waals surface area contributed by atoms with Gasteiger partial charge >= 0.3 is 12.0 Å². The number of esters is 1. The topological polar surface area (TPSA) is 106 Å². The summed E-state index contributed by atoms with van der Waals surface area (Å²) in [6.45, 7) is 10.5. The average molecular weight is 462 g/mol. The lowest BCUT2D eigenvalue weighted by Crippen LogP contribution is -2.45. The first-order valence-electron chi connectivity index (χ1n) is 11.3. The van der Waals surface area contributed by atoms with Gasteiger partial charge in [0, 0.05) is 18.8 Å². The molecule has 1 aromatic carbocycles. The van der Waals surface area contributed by atoms with Gasteiger partial charge in [-0.05, 0) is 51.3 Å². The molecule has 1 aliphatic heterocycles. The van der Waals surface area contributed by atoms with E-state index < -0.39 is 18.0 Å². The summed E-state index contributed by atoms with van der Waals surface area (Å²) in [7, 11) is 1.49. The van der Waals surface area contributed by atoms with Crippen LogP contribution in [0.2, 0.25) is 0 Å². The lowest BCUT2D eigenvalue weighted by Gasteiger charge is -2.29. The van der Waals surface area contributed by atoms with Gasteiger partial charge in [-0.25, -0.2) is 9.59 Å². The van der Waals surface area contributed by atoms with Crippen molar-refractivity contribution in [2.75, 3.05) is 26.8 Å². The summed E-state index contributed by atoms with van der Waals surface area (Å²) in [5, 5.41) is 5.38. The Labute approximate surface area is 195 Å². The van der Waals surface area contributed by atoms with Crippen molar-refractivity contribution < 1.29 is 28.6 Å². The molecule has 0 aliphatic carbocycles. The Hall–Kier alpha value is -3.23. The SMILES string of the molecule is CCCN(CCC)C(=O)COc1ccc(C2NC(=O)NC(C)=C2C(=O)OC(C)C)cc1OC. The first-order chi connectivity index (χ1) is 15.7. The predicted octanol–water partition coefficient (Wildman–Crippen LogP) is 3.30. The zero-order chi connectivity index (χ0) is 24.5. The van der Waals surface area contributed by atoms with Crippen molar-refractivity contribution in [2.24, 2.45) is 0 Å². The highest BCUT2D eigenvalue weighted by Gasteiger charge is 2.33. The zero-order valence-electron chi connectivity index (χ0n) is 20.3. The Morgan fingerprint density at radius 3 is 2.36 bits per heavy atom. The van der Waals surface area contributed by atoms with Gasteiger partial charge in [-0.2, -0.15) is 0 Å². The Bertz CT molecular complexity index is 890. The van der Waals surface area contributed by atoms with Crippen molar-refractivity contribution in [3.8, 4) is 11.5 Å². The minimum absolute atomic E-state index is 0.0901. The molecule has 0 aromatic heterocycles. The lowest BCUT2D eigenvalue weighted by atomic mass is 9.95. The standard InChI is InChI=1S/C24H35N3O6/c1-7-11-27(12-8-2)20(28)14-32-18-10-9-17(13-19(18)31-6)22-21(23(29)33-15(3)4)16(5)25-24(30)26-22/h9-10,13,15,22H,7-8,11-12,14H2,1-6H3,(H2,25,26,30). The van der Waals surface area contributed by atoms with Crippen LogP contribution in [-0.4, -0.2) is 55.7 Å². The summed E-state index contributed by atoms with van der Waals surface area (Å²) in [5.74, 6) is 0.180. The number of hydrogen-bond donors (Lipinski definition) is 2. The van der Waals surface area contributed by atoms with Gasteiger partial charge in [0.15, 0.2) is 18.1 Å². The highest BCUT2D eigenvalue weighted by molar-refractivity contribution is 5.95. The van der Waals surface area contributed by atoms with E-state index >= 15 is 0 Å². The van der Waals surface area contributed by atoms with E-state index in [1.165, 1.54) is 7.11 Å². The number of ether oxygens (including phenoxy) is 3. The smallest absolute Gasteiger partial charge is 0.338 e. The number of amides is 3. The van der Waals surface area contributed by atoms with Crippen LogP contribution in [0.25, 0.3) is 0 Å². The van der Waals surface area contributed by atoms with Gasteiger partial charge in [-0.15, -0.1) is 0 Å². The average Bonchev–Trinajstić information content (AvgIpc) is 2.76. The van der Waals surface area contributed by atoms with E-state index in [0.717, 1.165) is 12.8 Å². The third-order valence-electron chi connectivity index (χ3n) is 5.04. The van der Waals surface area contributed by atoms with Crippen molar-refractivity contribution in [1.82, 2.24) is 15.5 Å². The van der Waals surface area contributed by atoms with Crippen LogP contribution in [0, 0.1) is 0 Å². The molecule has 1 aromatic rings. The molecule has 9 heteroatoms. The quantitative estimate of drug-likeness (QED) is 0.490. The van der Waals surface area contributed by atoms with Crippen molar-refractivity contribution in [3.05, 3.63) is 35.0 Å². The van der Waals surface area contributed by atoms with Gasteiger partial charge in [0.2, 0.25) is 0 Å². The van der Waals surface area contributed by atoms with E-state index in [4.69, 9.17) is 14.2 Å². The molecule has 1 unspecified atom stereocenters. The summed E-state index contributed by atoms with van der Waals surface area (Å²) < 4.78 is 16.6. The molecule has 2 N–H and O–H groups in total. The molecule has 1 heterocycles. The van der Waals surface area contributed by atoms with Gasteiger partial charge in [0.05, 0.1) is 24.8 Å². The number of nitrogens with zero attached hydrogens (tertiary/aromatic N) is 1. The maximum Gasteiger partial charge on any atom is 0.338 e. The molecule has 3 amide bonds. The van der Waals surface area contributed by atoms with Crippen LogP contribution in [0.15, 0.2) is 29.5 Å². The minimum Gasteiger partial charge on any atom is -0.493 e. The summed E-state index contributed by atoms with van der Waals surface area (Å²) in [6.07, 6.45) is 1.44. The number of carbonyl (C=O) groups excluding carboxylic acids is 3. The Kier molecular flexibility index (Phi) is 9.57. The second-order valence-corrected chi connectivity index (χ2v) is 8.10. The molecular formula is C24H35N3O6. The maximum absolute atomic E-state index is 12.7. The van der Waals surface area contributed by atoms with Crippen LogP contribution in [-0.2, 0) is 14.3 Å². The number of allylic oxidation sites excluding steroid dienone is 1. The molecule has 9 nitrogen and oxygen atoms in total. The molecule has 2 rings (SSSR count). The number of benzene rings is 1. The van der Waals surface area contributed by atoms with E-state index in [1.807, 2.05) is 13.8 Å². The maximum atomic E-state index is 12.7. The van der Waals surface area contributed by atoms with Crippen molar-refractivity contribution in [2.45, 2.75) is 59.6 Å². The fourth-order valence-corrected chi connectivity index (χ4v) is 3.61. The van der Waals surface area contributed by atoms with E-state index in [1.54, 1.807) is 43.9 Å². The van der Waals surface area contributed by atoms with E-state index in [-0.39, 0.29) is 18.6 Å². The third-order valence-corrected chi connectivity index (χ3v) is 5.04. The molecule has 0 fully saturated rings. The van der Waals surface area contributed by atoms with Crippen LogP contribution in [0.4, 0.5) is 4.79 Å². The fraction of sp³-hybridized carbons (Fsp3) is 0.542. The number of urea groups is 1. The molecule has 1 aliphatic rings. The molecule has 0 saturated heterocycles. The van der Waals surface area contributed by atoms with Gasteiger partial charge in [-0.1, -0.05) is 19.9 Å². The van der Waals surface area contributed by atoms with E-state index in [0.29, 0.717) is 41.4 Å². The van der Waals surface area contributed by atoms with Crippen LogP contribution in [0.5, 0.6) is 11.5 Å². The number of hydrogen-bond acceptors (Lipinski definition) is 6. The Morgan fingerprint density at radius 1 is 1.12 bits per heavy atom. The molecule has 0 radical (unpaired) electrons. The Morgan fingerprint density at radius 2 is 1.79 bits per heavy atom. The molecule has 0 spiro atoms. The van der Waals surface area contributed by atoms with Crippen molar-refractivity contribution in [3.63, 3.8) is 0 Å². The molecule has 182 valence electrons. The molecular weight excluding hydrogens is 426 g/mol. The summed E-state index contributed by atoms with van der Waals surface area (Å²) in [6, 6.07) is 3.93. The lowest BCUT2D eigenvalue weighted by molar-refractivity contribution is -0.143. The second kappa shape index (κ2) is 12.1. The minimum atomic E-state index is -0.723. The molecule has 0 saturated carbocycles. The van der Waals surface area contributed by atoms with Gasteiger partial charge < -0.3 is 29.7 Å². The molecule has 33 heavy (non-hydrogen) atoms.